The number of halogens is 1. The Bertz CT molecular complexity index is 627. The van der Waals surface area contributed by atoms with Crippen LogP contribution in [0.4, 0.5) is 0 Å². The maximum Gasteiger partial charge on any atom is 0.250 e. The van der Waals surface area contributed by atoms with Crippen LogP contribution in [-0.4, -0.2) is 17.4 Å². The van der Waals surface area contributed by atoms with Gasteiger partial charge in [0.2, 0.25) is 5.91 Å². The van der Waals surface area contributed by atoms with Crippen LogP contribution in [0.5, 0.6) is 0 Å². The van der Waals surface area contributed by atoms with Crippen molar-refractivity contribution in [2.45, 2.75) is 44.3 Å². The minimum absolute atomic E-state index is 0.0656. The number of carbonyl (C=O) groups excluding carboxylic acids is 1. The Hall–Kier alpha value is -1.32. The minimum atomic E-state index is -0.0656. The molecule has 0 spiro atoms. The molecule has 0 aliphatic heterocycles. The van der Waals surface area contributed by atoms with Crippen LogP contribution in [0.15, 0.2) is 33.8 Å². The molecule has 0 bridgehead atoms. The maximum atomic E-state index is 12.0. The molecule has 1 saturated carbocycles. The molecule has 4 nitrogen and oxygen atoms in total. The van der Waals surface area contributed by atoms with Gasteiger partial charge in [0.1, 0.15) is 0 Å². The second kappa shape index (κ2) is 10.5. The van der Waals surface area contributed by atoms with E-state index in [1.165, 1.54) is 12.0 Å². The highest BCUT2D eigenvalue weighted by molar-refractivity contribution is 9.10. The molecule has 128 valence electrons. The van der Waals surface area contributed by atoms with Gasteiger partial charge in [-0.3, -0.25) is 4.79 Å². The third kappa shape index (κ3) is 6.29. The third-order valence-corrected chi connectivity index (χ3v) is 5.84. The van der Waals surface area contributed by atoms with Gasteiger partial charge in [-0.15, -0.1) is 11.8 Å². The zero-order valence-electron chi connectivity index (χ0n) is 13.6. The summed E-state index contributed by atoms with van der Waals surface area (Å²) in [4.78, 5) is 12.0. The van der Waals surface area contributed by atoms with E-state index in [4.69, 9.17) is 5.26 Å². The number of hydrogen-bond acceptors (Lipinski definition) is 4. The SMILES string of the molecule is N#CCC[C@H]1CCCC/C1=N/NC(=O)CSCc1ccccc1Br. The number of nitrogens with one attached hydrogen (secondary N) is 1. The van der Waals surface area contributed by atoms with Gasteiger partial charge in [0, 0.05) is 28.3 Å². The van der Waals surface area contributed by atoms with E-state index in [0.29, 0.717) is 18.1 Å². The lowest BCUT2D eigenvalue weighted by Gasteiger charge is -2.23. The first-order valence-electron chi connectivity index (χ1n) is 8.24. The summed E-state index contributed by atoms with van der Waals surface area (Å²) in [7, 11) is 0. The number of rotatable bonds is 7. The van der Waals surface area contributed by atoms with E-state index in [0.717, 1.165) is 41.6 Å². The zero-order valence-corrected chi connectivity index (χ0v) is 16.0. The predicted molar refractivity (Wildman–Crippen MR) is 103 cm³/mol. The van der Waals surface area contributed by atoms with Gasteiger partial charge in [-0.2, -0.15) is 10.4 Å². The second-order valence-corrected chi connectivity index (χ2v) is 7.70. The topological polar surface area (TPSA) is 65.2 Å². The highest BCUT2D eigenvalue weighted by atomic mass is 79.9. The first-order chi connectivity index (χ1) is 11.7. The Morgan fingerprint density at radius 1 is 1.42 bits per heavy atom. The summed E-state index contributed by atoms with van der Waals surface area (Å²) >= 11 is 5.09. The fourth-order valence-electron chi connectivity index (χ4n) is 2.80. The van der Waals surface area contributed by atoms with Crippen LogP contribution in [0.25, 0.3) is 0 Å². The van der Waals surface area contributed by atoms with Crippen LogP contribution in [0.1, 0.15) is 44.1 Å². The van der Waals surface area contributed by atoms with Gasteiger partial charge in [-0.1, -0.05) is 40.5 Å². The number of thioether (sulfide) groups is 1. The Kier molecular flexibility index (Phi) is 8.34. The molecule has 0 heterocycles. The van der Waals surface area contributed by atoms with Gasteiger partial charge in [0.15, 0.2) is 0 Å². The van der Waals surface area contributed by atoms with E-state index in [1.54, 1.807) is 11.8 Å². The first-order valence-corrected chi connectivity index (χ1v) is 10.2. The molecule has 0 saturated heterocycles. The maximum absolute atomic E-state index is 12.0. The quantitative estimate of drug-likeness (QED) is 0.668. The molecule has 0 radical (unpaired) electrons. The second-order valence-electron chi connectivity index (χ2n) is 5.86. The summed E-state index contributed by atoms with van der Waals surface area (Å²) in [6.45, 7) is 0. The molecular formula is C18H22BrN3OS. The van der Waals surface area contributed by atoms with Gasteiger partial charge < -0.3 is 0 Å². The van der Waals surface area contributed by atoms with Crippen molar-refractivity contribution < 1.29 is 4.79 Å². The third-order valence-electron chi connectivity index (χ3n) is 4.08. The normalized spacial score (nSPS) is 19.0. The van der Waals surface area contributed by atoms with Crippen molar-refractivity contribution in [3.63, 3.8) is 0 Å². The zero-order chi connectivity index (χ0) is 17.2. The number of benzene rings is 1. The number of nitriles is 1. The van der Waals surface area contributed by atoms with Crippen molar-refractivity contribution in [1.82, 2.24) is 5.43 Å². The number of hydrazone groups is 1. The Labute approximate surface area is 156 Å². The molecule has 1 fully saturated rings. The van der Waals surface area contributed by atoms with Crippen molar-refractivity contribution in [2.24, 2.45) is 11.0 Å². The number of hydrogen-bond donors (Lipinski definition) is 1. The van der Waals surface area contributed by atoms with Gasteiger partial charge in [-0.25, -0.2) is 5.43 Å². The molecule has 1 amide bonds. The van der Waals surface area contributed by atoms with Gasteiger partial charge >= 0.3 is 0 Å². The van der Waals surface area contributed by atoms with Gasteiger partial charge in [0.05, 0.1) is 11.8 Å². The molecule has 6 heteroatoms. The van der Waals surface area contributed by atoms with Crippen LogP contribution in [0.2, 0.25) is 0 Å². The van der Waals surface area contributed by atoms with Crippen molar-refractivity contribution in [3.05, 3.63) is 34.3 Å². The van der Waals surface area contributed by atoms with Gasteiger partial charge in [-0.05, 0) is 37.3 Å². The van der Waals surface area contributed by atoms with Crippen LogP contribution < -0.4 is 5.43 Å². The van der Waals surface area contributed by atoms with Crippen molar-refractivity contribution in [1.29, 1.82) is 5.26 Å². The minimum Gasteiger partial charge on any atom is -0.272 e. The number of nitrogens with zero attached hydrogens (tertiary/aromatic N) is 2. The summed E-state index contributed by atoms with van der Waals surface area (Å²) in [6, 6.07) is 10.2. The average molecular weight is 408 g/mol. The van der Waals surface area contributed by atoms with Crippen molar-refractivity contribution in [3.8, 4) is 6.07 Å². The number of carbonyl (C=O) groups is 1. The molecular weight excluding hydrogens is 386 g/mol. The fraction of sp³-hybridized carbons (Fsp3) is 0.500. The van der Waals surface area contributed by atoms with E-state index in [9.17, 15) is 4.79 Å². The Balaban J connectivity index is 1.77. The summed E-state index contributed by atoms with van der Waals surface area (Å²) < 4.78 is 1.07. The average Bonchev–Trinajstić information content (AvgIpc) is 2.60. The monoisotopic (exact) mass is 407 g/mol. The molecule has 1 aromatic rings. The summed E-state index contributed by atoms with van der Waals surface area (Å²) in [5, 5.41) is 13.1. The molecule has 1 aliphatic rings. The van der Waals surface area contributed by atoms with Crippen LogP contribution in [-0.2, 0) is 10.5 Å². The molecule has 1 aliphatic carbocycles. The molecule has 1 aromatic carbocycles. The predicted octanol–water partition coefficient (Wildman–Crippen LogP) is 4.65. The van der Waals surface area contributed by atoms with E-state index >= 15 is 0 Å². The van der Waals surface area contributed by atoms with Crippen LogP contribution >= 0.6 is 27.7 Å². The molecule has 0 aromatic heterocycles. The standard InChI is InChI=1S/C18H22BrN3OS/c19-16-9-3-1-7-15(16)12-24-13-18(23)22-21-17-10-4-2-6-14(17)8-5-11-20/h1,3,7,9,14H,2,4-6,8,10,12-13H2,(H,22,23)/b21-17-/t14-/m1/s1. The lowest BCUT2D eigenvalue weighted by atomic mass is 9.84. The van der Waals surface area contributed by atoms with Crippen molar-refractivity contribution in [2.75, 3.05) is 5.75 Å². The summed E-state index contributed by atoms with van der Waals surface area (Å²) in [5.74, 6) is 1.47. The molecule has 0 unspecified atom stereocenters. The van der Waals surface area contributed by atoms with E-state index in [2.05, 4.69) is 38.6 Å². The van der Waals surface area contributed by atoms with E-state index < -0.39 is 0 Å². The lowest BCUT2D eigenvalue weighted by molar-refractivity contribution is -0.118. The van der Waals surface area contributed by atoms with Crippen molar-refractivity contribution >= 4 is 39.3 Å². The molecule has 2 rings (SSSR count). The lowest BCUT2D eigenvalue weighted by Crippen LogP contribution is -2.26. The largest absolute Gasteiger partial charge is 0.272 e. The summed E-state index contributed by atoms with van der Waals surface area (Å²) in [5.41, 5.74) is 4.94. The number of amides is 1. The highest BCUT2D eigenvalue weighted by Gasteiger charge is 2.20. The van der Waals surface area contributed by atoms with Crippen LogP contribution in [0, 0.1) is 17.2 Å². The van der Waals surface area contributed by atoms with Gasteiger partial charge in [0.25, 0.3) is 0 Å². The first kappa shape index (κ1) is 19.0. The van der Waals surface area contributed by atoms with Crippen LogP contribution in [0.3, 0.4) is 0 Å². The molecule has 1 N–H and O–H groups in total. The fourth-order valence-corrected chi connectivity index (χ4v) is 4.23. The van der Waals surface area contributed by atoms with E-state index in [-0.39, 0.29) is 5.91 Å². The summed E-state index contributed by atoms with van der Waals surface area (Å²) in [6.07, 6.45) is 5.72. The highest BCUT2D eigenvalue weighted by Crippen LogP contribution is 2.25. The Morgan fingerprint density at radius 3 is 3.04 bits per heavy atom. The molecule has 24 heavy (non-hydrogen) atoms. The smallest absolute Gasteiger partial charge is 0.250 e. The van der Waals surface area contributed by atoms with E-state index in [1.807, 2.05) is 18.2 Å². The molecule has 1 atom stereocenters. The Morgan fingerprint density at radius 2 is 2.25 bits per heavy atom.